The van der Waals surface area contributed by atoms with Gasteiger partial charge >= 0.3 is 0 Å². The molecule has 0 aliphatic rings. The normalized spacial score (nSPS) is 10.4. The van der Waals surface area contributed by atoms with Crippen LogP contribution in [0.25, 0.3) is 0 Å². The van der Waals surface area contributed by atoms with Crippen molar-refractivity contribution in [2.24, 2.45) is 0 Å². The summed E-state index contributed by atoms with van der Waals surface area (Å²) in [6.07, 6.45) is 1.47. The molecular weight excluding hydrogens is 359 g/mol. The summed E-state index contributed by atoms with van der Waals surface area (Å²) >= 11 is 12.3. The lowest BCUT2D eigenvalue weighted by molar-refractivity contribution is 0.410. The summed E-state index contributed by atoms with van der Waals surface area (Å²) in [7, 11) is 1.65. The predicted molar refractivity (Wildman–Crippen MR) is 102 cm³/mol. The van der Waals surface area contributed by atoms with E-state index in [1.165, 1.54) is 6.33 Å². The number of aromatic nitrogens is 2. The maximum absolute atomic E-state index is 6.17. The predicted octanol–water partition coefficient (Wildman–Crippen LogP) is 5.15. The topological polar surface area (TPSA) is 59.1 Å². The molecular formula is C18H16Cl2N4O. The van der Waals surface area contributed by atoms with Gasteiger partial charge in [0.1, 0.15) is 23.7 Å². The molecule has 2 N–H and O–H groups in total. The van der Waals surface area contributed by atoms with Crippen LogP contribution in [0.4, 0.5) is 17.3 Å². The Bertz CT molecular complexity index is 853. The number of nitrogens with one attached hydrogen (secondary N) is 2. The lowest BCUT2D eigenvalue weighted by Crippen LogP contribution is -2.04. The van der Waals surface area contributed by atoms with Crippen molar-refractivity contribution in [1.82, 2.24) is 9.97 Å². The summed E-state index contributed by atoms with van der Waals surface area (Å²) < 4.78 is 5.35. The molecule has 0 aliphatic heterocycles. The molecule has 3 rings (SSSR count). The number of anilines is 3. The molecule has 7 heteroatoms. The molecule has 0 amide bonds. The van der Waals surface area contributed by atoms with Crippen molar-refractivity contribution < 1.29 is 4.74 Å². The summed E-state index contributed by atoms with van der Waals surface area (Å²) in [6, 6.07) is 14.9. The third-order valence-electron chi connectivity index (χ3n) is 3.54. The molecule has 2 aromatic carbocycles. The van der Waals surface area contributed by atoms with E-state index in [0.29, 0.717) is 33.9 Å². The molecule has 0 bridgehead atoms. The fraction of sp³-hybridized carbons (Fsp3) is 0.111. The highest BCUT2D eigenvalue weighted by atomic mass is 35.5. The Morgan fingerprint density at radius 2 is 1.68 bits per heavy atom. The average Bonchev–Trinajstić information content (AvgIpc) is 2.64. The summed E-state index contributed by atoms with van der Waals surface area (Å²) in [5, 5.41) is 7.42. The Kier molecular flexibility index (Phi) is 5.58. The number of nitrogens with zero attached hydrogens (tertiary/aromatic N) is 2. The Hall–Kier alpha value is -2.50. The van der Waals surface area contributed by atoms with E-state index in [2.05, 4.69) is 20.6 Å². The van der Waals surface area contributed by atoms with Gasteiger partial charge in [-0.05, 0) is 18.2 Å². The Balaban J connectivity index is 1.73. The molecule has 25 heavy (non-hydrogen) atoms. The van der Waals surface area contributed by atoms with Crippen LogP contribution >= 0.6 is 23.2 Å². The van der Waals surface area contributed by atoms with Gasteiger partial charge in [0.15, 0.2) is 0 Å². The summed E-state index contributed by atoms with van der Waals surface area (Å²) in [4.78, 5) is 8.43. The number of halogens is 2. The standard InChI is InChI=1S/C18H16Cl2N4O/c1-25-15-8-3-2-5-12(15)10-21-16-9-17(23-11-22-16)24-18-13(19)6-4-7-14(18)20/h2-9,11H,10H2,1H3,(H2,21,22,23,24). The van der Waals surface area contributed by atoms with Crippen LogP contribution in [0.2, 0.25) is 10.0 Å². The molecule has 3 aromatic rings. The largest absolute Gasteiger partial charge is 0.496 e. The van der Waals surface area contributed by atoms with Crippen molar-refractivity contribution in [2.45, 2.75) is 6.54 Å². The molecule has 5 nitrogen and oxygen atoms in total. The smallest absolute Gasteiger partial charge is 0.135 e. The van der Waals surface area contributed by atoms with E-state index in [9.17, 15) is 0 Å². The average molecular weight is 375 g/mol. The minimum Gasteiger partial charge on any atom is -0.496 e. The Morgan fingerprint density at radius 1 is 0.960 bits per heavy atom. The number of para-hydroxylation sites is 2. The van der Waals surface area contributed by atoms with Crippen LogP contribution in [0.1, 0.15) is 5.56 Å². The van der Waals surface area contributed by atoms with E-state index in [4.69, 9.17) is 27.9 Å². The van der Waals surface area contributed by atoms with Crippen LogP contribution in [0, 0.1) is 0 Å². The number of rotatable bonds is 6. The SMILES string of the molecule is COc1ccccc1CNc1cc(Nc2c(Cl)cccc2Cl)ncn1. The lowest BCUT2D eigenvalue weighted by Gasteiger charge is -2.12. The van der Waals surface area contributed by atoms with Gasteiger partial charge in [0.2, 0.25) is 0 Å². The maximum Gasteiger partial charge on any atom is 0.135 e. The fourth-order valence-electron chi connectivity index (χ4n) is 2.30. The van der Waals surface area contributed by atoms with E-state index in [1.807, 2.05) is 24.3 Å². The maximum atomic E-state index is 6.17. The van der Waals surface area contributed by atoms with E-state index >= 15 is 0 Å². The first-order valence-corrected chi connectivity index (χ1v) is 8.32. The first kappa shape index (κ1) is 17.3. The van der Waals surface area contributed by atoms with Gasteiger partial charge in [-0.3, -0.25) is 0 Å². The number of hydrogen-bond acceptors (Lipinski definition) is 5. The highest BCUT2D eigenvalue weighted by Crippen LogP contribution is 2.32. The Labute approximate surface area is 156 Å². The van der Waals surface area contributed by atoms with Crippen molar-refractivity contribution in [1.29, 1.82) is 0 Å². The Morgan fingerprint density at radius 3 is 2.44 bits per heavy atom. The number of methoxy groups -OCH3 is 1. The van der Waals surface area contributed by atoms with E-state index in [0.717, 1.165) is 11.3 Å². The molecule has 0 fully saturated rings. The van der Waals surface area contributed by atoms with E-state index in [1.54, 1.807) is 31.4 Å². The first-order chi connectivity index (χ1) is 12.2. The molecule has 0 saturated heterocycles. The second kappa shape index (κ2) is 8.05. The van der Waals surface area contributed by atoms with Crippen LogP contribution in [-0.2, 0) is 6.54 Å². The lowest BCUT2D eigenvalue weighted by atomic mass is 10.2. The van der Waals surface area contributed by atoms with Gasteiger partial charge in [0.05, 0.1) is 22.8 Å². The van der Waals surface area contributed by atoms with Crippen LogP contribution in [0.15, 0.2) is 54.9 Å². The van der Waals surface area contributed by atoms with Crippen LogP contribution in [0.3, 0.4) is 0 Å². The third kappa shape index (κ3) is 4.32. The van der Waals surface area contributed by atoms with Crippen LogP contribution in [0.5, 0.6) is 5.75 Å². The summed E-state index contributed by atoms with van der Waals surface area (Å²) in [6.45, 7) is 0.577. The number of hydrogen-bond donors (Lipinski definition) is 2. The zero-order chi connectivity index (χ0) is 17.6. The van der Waals surface area contributed by atoms with E-state index < -0.39 is 0 Å². The minimum absolute atomic E-state index is 0.523. The monoisotopic (exact) mass is 374 g/mol. The zero-order valence-corrected chi connectivity index (χ0v) is 15.0. The van der Waals surface area contributed by atoms with Crippen LogP contribution in [-0.4, -0.2) is 17.1 Å². The van der Waals surface area contributed by atoms with E-state index in [-0.39, 0.29) is 0 Å². The molecule has 0 aliphatic carbocycles. The van der Waals surface area contributed by atoms with Gasteiger partial charge in [0, 0.05) is 18.2 Å². The van der Waals surface area contributed by atoms with Gasteiger partial charge in [0.25, 0.3) is 0 Å². The number of ether oxygens (including phenoxy) is 1. The quantitative estimate of drug-likeness (QED) is 0.624. The minimum atomic E-state index is 0.523. The molecule has 0 atom stereocenters. The summed E-state index contributed by atoms with van der Waals surface area (Å²) in [5.41, 5.74) is 1.65. The molecule has 1 aromatic heterocycles. The van der Waals surface area contributed by atoms with Gasteiger partial charge in [-0.15, -0.1) is 0 Å². The van der Waals surface area contributed by atoms with Gasteiger partial charge in [-0.25, -0.2) is 9.97 Å². The van der Waals surface area contributed by atoms with Crippen molar-refractivity contribution in [2.75, 3.05) is 17.7 Å². The third-order valence-corrected chi connectivity index (χ3v) is 4.17. The highest BCUT2D eigenvalue weighted by Gasteiger charge is 2.08. The van der Waals surface area contributed by atoms with Crippen molar-refractivity contribution in [3.63, 3.8) is 0 Å². The summed E-state index contributed by atoms with van der Waals surface area (Å²) in [5.74, 6) is 2.09. The molecule has 0 radical (unpaired) electrons. The van der Waals surface area contributed by atoms with Crippen molar-refractivity contribution in [3.8, 4) is 5.75 Å². The fourth-order valence-corrected chi connectivity index (χ4v) is 2.79. The van der Waals surface area contributed by atoms with Crippen molar-refractivity contribution >= 4 is 40.5 Å². The molecule has 1 heterocycles. The second-order valence-corrected chi connectivity index (χ2v) is 5.99. The van der Waals surface area contributed by atoms with Gasteiger partial charge < -0.3 is 15.4 Å². The second-order valence-electron chi connectivity index (χ2n) is 5.18. The molecule has 128 valence electrons. The molecule has 0 spiro atoms. The first-order valence-electron chi connectivity index (χ1n) is 7.56. The molecule has 0 saturated carbocycles. The van der Waals surface area contributed by atoms with Gasteiger partial charge in [-0.2, -0.15) is 0 Å². The van der Waals surface area contributed by atoms with Crippen LogP contribution < -0.4 is 15.4 Å². The molecule has 0 unspecified atom stereocenters. The van der Waals surface area contributed by atoms with Crippen molar-refractivity contribution in [3.05, 3.63) is 70.5 Å². The van der Waals surface area contributed by atoms with Gasteiger partial charge in [-0.1, -0.05) is 47.5 Å². The number of benzene rings is 2. The zero-order valence-electron chi connectivity index (χ0n) is 13.5. The highest BCUT2D eigenvalue weighted by molar-refractivity contribution is 6.39.